The van der Waals surface area contributed by atoms with Crippen LogP contribution in [0.5, 0.6) is 0 Å². The Kier molecular flexibility index (Phi) is 5.79. The topological polar surface area (TPSA) is 64.9 Å². The number of hydrogen-bond acceptors (Lipinski definition) is 4. The van der Waals surface area contributed by atoms with Gasteiger partial charge in [-0.3, -0.25) is 0 Å². The molecule has 1 atom stereocenters. The molecule has 0 saturated heterocycles. The molecule has 2 N–H and O–H groups in total. The summed E-state index contributed by atoms with van der Waals surface area (Å²) >= 11 is 0. The summed E-state index contributed by atoms with van der Waals surface area (Å²) in [5, 5.41) is 4.00. The van der Waals surface area contributed by atoms with E-state index in [4.69, 9.17) is 10.3 Å². The Balaban J connectivity index is 0.00000225. The van der Waals surface area contributed by atoms with Crippen molar-refractivity contribution < 1.29 is 17.7 Å². The van der Waals surface area contributed by atoms with Crippen molar-refractivity contribution in [3.8, 4) is 0 Å². The van der Waals surface area contributed by atoms with Crippen LogP contribution in [-0.2, 0) is 18.1 Å². The average Bonchev–Trinajstić information content (AvgIpc) is 3.16. The van der Waals surface area contributed by atoms with Gasteiger partial charge < -0.3 is 10.3 Å². The third-order valence-corrected chi connectivity index (χ3v) is 4.60. The van der Waals surface area contributed by atoms with Crippen molar-refractivity contribution in [3.05, 3.63) is 47.1 Å². The summed E-state index contributed by atoms with van der Waals surface area (Å²) in [6, 6.07) is 5.31. The molecule has 0 spiro atoms. The average molecular weight is 376 g/mol. The van der Waals surface area contributed by atoms with Crippen LogP contribution in [0.15, 0.2) is 28.8 Å². The van der Waals surface area contributed by atoms with Crippen LogP contribution in [0.2, 0.25) is 0 Å². The number of rotatable bonds is 4. The quantitative estimate of drug-likeness (QED) is 0.849. The van der Waals surface area contributed by atoms with Gasteiger partial charge in [0.25, 0.3) is 0 Å². The molecule has 1 aliphatic carbocycles. The second-order valence-corrected chi connectivity index (χ2v) is 6.62. The fourth-order valence-corrected chi connectivity index (χ4v) is 3.18. The highest BCUT2D eigenvalue weighted by atomic mass is 35.5. The van der Waals surface area contributed by atoms with Crippen molar-refractivity contribution in [3.63, 3.8) is 0 Å². The Hall–Kier alpha value is -1.60. The molecule has 1 fully saturated rings. The van der Waals surface area contributed by atoms with Gasteiger partial charge in [-0.25, -0.2) is 0 Å². The molecule has 138 valence electrons. The second kappa shape index (κ2) is 7.33. The number of halogens is 4. The molecule has 8 heteroatoms. The number of aromatic nitrogens is 2. The Labute approximate surface area is 150 Å². The lowest BCUT2D eigenvalue weighted by Gasteiger charge is -2.17. The molecule has 0 radical (unpaired) electrons. The van der Waals surface area contributed by atoms with E-state index in [-0.39, 0.29) is 18.3 Å². The predicted molar refractivity (Wildman–Crippen MR) is 89.4 cm³/mol. The van der Waals surface area contributed by atoms with Crippen LogP contribution in [0.25, 0.3) is 0 Å². The zero-order valence-corrected chi connectivity index (χ0v) is 14.7. The Morgan fingerprint density at radius 3 is 2.60 bits per heavy atom. The largest absolute Gasteiger partial charge is 0.416 e. The number of hydrogen-bond donors (Lipinski definition) is 1. The van der Waals surface area contributed by atoms with Crippen LogP contribution in [-0.4, -0.2) is 10.1 Å². The van der Waals surface area contributed by atoms with Gasteiger partial charge in [-0.2, -0.15) is 18.2 Å². The van der Waals surface area contributed by atoms with Gasteiger partial charge in [0.05, 0.1) is 11.1 Å². The van der Waals surface area contributed by atoms with Crippen molar-refractivity contribution in [2.24, 2.45) is 5.73 Å². The molecule has 1 saturated carbocycles. The van der Waals surface area contributed by atoms with E-state index < -0.39 is 17.3 Å². The molecule has 1 aromatic carbocycles. The summed E-state index contributed by atoms with van der Waals surface area (Å²) in [6.45, 7) is 1.86. The highest BCUT2D eigenvalue weighted by Crippen LogP contribution is 2.35. The monoisotopic (exact) mass is 375 g/mol. The van der Waals surface area contributed by atoms with Crippen molar-refractivity contribution in [2.45, 2.75) is 56.7 Å². The smallest absolute Gasteiger partial charge is 0.339 e. The van der Waals surface area contributed by atoms with Gasteiger partial charge in [0.2, 0.25) is 5.89 Å². The SMILES string of the molecule is CC(Cc1cccc(C(F)(F)F)c1)c1nc(C2(N)CCCC2)no1.Cl. The lowest BCUT2D eigenvalue weighted by atomic mass is 9.97. The highest BCUT2D eigenvalue weighted by Gasteiger charge is 2.36. The van der Waals surface area contributed by atoms with E-state index in [0.717, 1.165) is 37.8 Å². The zero-order valence-electron chi connectivity index (χ0n) is 13.8. The molecule has 1 heterocycles. The van der Waals surface area contributed by atoms with Crippen LogP contribution in [0.3, 0.4) is 0 Å². The molecular weight excluding hydrogens is 355 g/mol. The maximum atomic E-state index is 12.8. The fourth-order valence-electron chi connectivity index (χ4n) is 3.18. The lowest BCUT2D eigenvalue weighted by Crippen LogP contribution is -2.34. The van der Waals surface area contributed by atoms with E-state index >= 15 is 0 Å². The lowest BCUT2D eigenvalue weighted by molar-refractivity contribution is -0.137. The molecule has 2 aromatic rings. The third-order valence-electron chi connectivity index (χ3n) is 4.60. The Morgan fingerprint density at radius 2 is 1.96 bits per heavy atom. The van der Waals surface area contributed by atoms with Crippen molar-refractivity contribution in [1.29, 1.82) is 0 Å². The summed E-state index contributed by atoms with van der Waals surface area (Å²) in [6.07, 6.45) is -0.212. The molecule has 0 aliphatic heterocycles. The number of benzene rings is 1. The van der Waals surface area contributed by atoms with Gasteiger partial charge in [0.1, 0.15) is 0 Å². The van der Waals surface area contributed by atoms with Crippen LogP contribution in [0.1, 0.15) is 61.4 Å². The molecule has 0 amide bonds. The summed E-state index contributed by atoms with van der Waals surface area (Å²) < 4.78 is 43.7. The number of nitrogens with zero attached hydrogens (tertiary/aromatic N) is 2. The summed E-state index contributed by atoms with van der Waals surface area (Å²) in [5.41, 5.74) is 5.71. The van der Waals surface area contributed by atoms with Gasteiger partial charge in [0.15, 0.2) is 5.82 Å². The first kappa shape index (κ1) is 19.7. The first-order chi connectivity index (χ1) is 11.3. The Morgan fingerprint density at radius 1 is 1.28 bits per heavy atom. The minimum absolute atomic E-state index is 0. The van der Waals surface area contributed by atoms with E-state index in [1.54, 1.807) is 6.07 Å². The van der Waals surface area contributed by atoms with Gasteiger partial charge in [-0.05, 0) is 30.9 Å². The molecule has 4 nitrogen and oxygen atoms in total. The van der Waals surface area contributed by atoms with Crippen LogP contribution in [0.4, 0.5) is 13.2 Å². The van der Waals surface area contributed by atoms with E-state index in [1.807, 2.05) is 6.92 Å². The zero-order chi connectivity index (χ0) is 17.4. The van der Waals surface area contributed by atoms with Crippen molar-refractivity contribution in [1.82, 2.24) is 10.1 Å². The first-order valence-corrected chi connectivity index (χ1v) is 8.07. The van der Waals surface area contributed by atoms with Crippen molar-refractivity contribution >= 4 is 12.4 Å². The maximum absolute atomic E-state index is 12.8. The maximum Gasteiger partial charge on any atom is 0.416 e. The van der Waals surface area contributed by atoms with Gasteiger partial charge in [-0.15, -0.1) is 12.4 Å². The second-order valence-electron chi connectivity index (χ2n) is 6.62. The van der Waals surface area contributed by atoms with Gasteiger partial charge in [-0.1, -0.05) is 43.1 Å². The summed E-state index contributed by atoms with van der Waals surface area (Å²) in [4.78, 5) is 4.41. The highest BCUT2D eigenvalue weighted by molar-refractivity contribution is 5.85. The molecule has 3 rings (SSSR count). The van der Waals surface area contributed by atoms with Crippen molar-refractivity contribution in [2.75, 3.05) is 0 Å². The fraction of sp³-hybridized carbons (Fsp3) is 0.529. The minimum Gasteiger partial charge on any atom is -0.339 e. The first-order valence-electron chi connectivity index (χ1n) is 8.07. The van der Waals surface area contributed by atoms with Gasteiger partial charge in [0, 0.05) is 5.92 Å². The molecule has 25 heavy (non-hydrogen) atoms. The molecular formula is C17H21ClF3N3O. The standard InChI is InChI=1S/C17H20F3N3O.ClH/c1-11(9-12-5-4-6-13(10-12)17(18,19)20)14-22-15(23-24-14)16(21)7-2-3-8-16;/h4-6,10-11H,2-3,7-9,21H2,1H3;1H. The van der Waals surface area contributed by atoms with Gasteiger partial charge >= 0.3 is 6.18 Å². The summed E-state index contributed by atoms with van der Waals surface area (Å²) in [5.74, 6) is 0.741. The Bertz CT molecular complexity index is 711. The number of alkyl halides is 3. The van der Waals surface area contributed by atoms with Crippen LogP contribution < -0.4 is 5.73 Å². The molecule has 1 aliphatic rings. The molecule has 1 aromatic heterocycles. The van der Waals surface area contributed by atoms with E-state index in [0.29, 0.717) is 23.7 Å². The van der Waals surface area contributed by atoms with Crippen LogP contribution in [0, 0.1) is 0 Å². The molecule has 0 bridgehead atoms. The van der Waals surface area contributed by atoms with E-state index in [9.17, 15) is 13.2 Å². The minimum atomic E-state index is -4.34. The van der Waals surface area contributed by atoms with Crippen LogP contribution >= 0.6 is 12.4 Å². The predicted octanol–water partition coefficient (Wildman–Crippen LogP) is 4.58. The summed E-state index contributed by atoms with van der Waals surface area (Å²) in [7, 11) is 0. The number of nitrogens with two attached hydrogens (primary N) is 1. The normalized spacial score (nSPS) is 18.0. The van der Waals surface area contributed by atoms with E-state index in [2.05, 4.69) is 10.1 Å². The third kappa shape index (κ3) is 4.33. The van der Waals surface area contributed by atoms with E-state index in [1.165, 1.54) is 6.07 Å². The molecule has 1 unspecified atom stereocenters.